The third kappa shape index (κ3) is 4.83. The van der Waals surface area contributed by atoms with Crippen LogP contribution < -0.4 is 21.7 Å². The Morgan fingerprint density at radius 3 is 2.71 bits per heavy atom. The van der Waals surface area contributed by atoms with Crippen molar-refractivity contribution in [3.63, 3.8) is 0 Å². The number of halogens is 3. The first-order valence-electron chi connectivity index (χ1n) is 11.1. The second kappa shape index (κ2) is 9.02. The molecule has 12 heteroatoms. The highest BCUT2D eigenvalue weighted by atomic mass is 19.4. The third-order valence-electron chi connectivity index (χ3n) is 5.97. The van der Waals surface area contributed by atoms with E-state index in [-0.39, 0.29) is 23.1 Å². The van der Waals surface area contributed by atoms with Crippen molar-refractivity contribution in [2.24, 2.45) is 0 Å². The molecule has 0 bridgehead atoms. The van der Waals surface area contributed by atoms with Crippen LogP contribution in [-0.4, -0.2) is 44.1 Å². The molecule has 0 aliphatic carbocycles. The van der Waals surface area contributed by atoms with Crippen molar-refractivity contribution in [3.05, 3.63) is 54.1 Å². The largest absolute Gasteiger partial charge is 0.417 e. The Bertz CT molecular complexity index is 1330. The van der Waals surface area contributed by atoms with Crippen LogP contribution in [0.3, 0.4) is 0 Å². The number of alkyl halides is 3. The molecule has 6 N–H and O–H groups in total. The zero-order valence-electron chi connectivity index (χ0n) is 18.8. The van der Waals surface area contributed by atoms with Crippen molar-refractivity contribution < 1.29 is 13.2 Å². The van der Waals surface area contributed by atoms with Gasteiger partial charge in [-0.05, 0) is 37.6 Å². The fourth-order valence-corrected chi connectivity index (χ4v) is 4.04. The van der Waals surface area contributed by atoms with Gasteiger partial charge in [-0.1, -0.05) is 6.07 Å². The summed E-state index contributed by atoms with van der Waals surface area (Å²) < 4.78 is 39.6. The van der Waals surface area contributed by atoms with E-state index in [9.17, 15) is 13.2 Å². The lowest BCUT2D eigenvalue weighted by Gasteiger charge is -2.16. The van der Waals surface area contributed by atoms with Crippen molar-refractivity contribution in [2.75, 3.05) is 29.5 Å². The highest BCUT2D eigenvalue weighted by molar-refractivity contribution is 5.95. The molecule has 9 nitrogen and oxygen atoms in total. The number of pyridine rings is 2. The van der Waals surface area contributed by atoms with E-state index in [1.807, 2.05) is 19.1 Å². The maximum atomic E-state index is 13.2. The average Bonchev–Trinajstić information content (AvgIpc) is 3.49. The molecule has 0 saturated carbocycles. The summed E-state index contributed by atoms with van der Waals surface area (Å²) >= 11 is 0. The molecular weight excluding hydrogens is 459 g/mol. The Labute approximate surface area is 198 Å². The second-order valence-corrected chi connectivity index (χ2v) is 8.49. The minimum atomic E-state index is -4.51. The van der Waals surface area contributed by atoms with Gasteiger partial charge in [0.1, 0.15) is 17.2 Å². The maximum absolute atomic E-state index is 13.2. The summed E-state index contributed by atoms with van der Waals surface area (Å²) in [6, 6.07) is 5.13. The van der Waals surface area contributed by atoms with Crippen LogP contribution in [0, 0.1) is 0 Å². The number of nitrogens with zero attached hydrogens (tertiary/aromatic N) is 4. The number of H-pyrrole nitrogens is 1. The average molecular weight is 484 g/mol. The van der Waals surface area contributed by atoms with Crippen molar-refractivity contribution in [2.45, 2.75) is 31.6 Å². The molecule has 1 fully saturated rings. The van der Waals surface area contributed by atoms with Gasteiger partial charge in [-0.3, -0.25) is 0 Å². The van der Waals surface area contributed by atoms with Crippen molar-refractivity contribution in [1.82, 2.24) is 30.2 Å². The lowest BCUT2D eigenvalue weighted by Crippen LogP contribution is -2.22. The fraction of sp³-hybridized carbons (Fsp3) is 0.304. The SMILES string of the molecule is CC(Nc1ncc(N)c(-c2c[nH]c3ncc(C(F)(F)F)cc23)n1)c1ccc(N[C@H]2CCNC2)nc1. The van der Waals surface area contributed by atoms with E-state index in [1.54, 1.807) is 12.4 Å². The van der Waals surface area contributed by atoms with E-state index in [4.69, 9.17) is 5.73 Å². The van der Waals surface area contributed by atoms with E-state index in [0.29, 0.717) is 22.9 Å². The van der Waals surface area contributed by atoms with E-state index >= 15 is 0 Å². The van der Waals surface area contributed by atoms with Crippen LogP contribution in [0.25, 0.3) is 22.3 Å². The molecule has 0 aromatic carbocycles. The Balaban J connectivity index is 1.37. The molecule has 4 aromatic rings. The number of anilines is 3. The van der Waals surface area contributed by atoms with E-state index < -0.39 is 11.7 Å². The van der Waals surface area contributed by atoms with Gasteiger partial charge in [-0.15, -0.1) is 0 Å². The summed E-state index contributed by atoms with van der Waals surface area (Å²) in [6.07, 6.45) is 2.09. The molecule has 2 atom stereocenters. The minimum absolute atomic E-state index is 0.178. The second-order valence-electron chi connectivity index (χ2n) is 8.49. The van der Waals surface area contributed by atoms with Crippen LogP contribution in [0.15, 0.2) is 43.0 Å². The maximum Gasteiger partial charge on any atom is 0.417 e. The van der Waals surface area contributed by atoms with Crippen molar-refractivity contribution in [3.8, 4) is 11.3 Å². The molecular formula is C23H24F3N9. The zero-order valence-corrected chi connectivity index (χ0v) is 18.8. The number of hydrogen-bond acceptors (Lipinski definition) is 8. The Hall–Kier alpha value is -3.93. The molecule has 182 valence electrons. The van der Waals surface area contributed by atoms with E-state index in [1.165, 1.54) is 6.20 Å². The van der Waals surface area contributed by atoms with E-state index in [0.717, 1.165) is 43.2 Å². The molecule has 1 saturated heterocycles. The molecule has 0 amide bonds. The first kappa shape index (κ1) is 22.8. The molecule has 5 heterocycles. The number of aromatic amines is 1. The summed E-state index contributed by atoms with van der Waals surface area (Å²) in [5.41, 5.74) is 7.43. The topological polar surface area (TPSA) is 129 Å². The predicted molar refractivity (Wildman–Crippen MR) is 128 cm³/mol. The summed E-state index contributed by atoms with van der Waals surface area (Å²) in [6.45, 7) is 3.86. The van der Waals surface area contributed by atoms with Gasteiger partial charge in [0.2, 0.25) is 5.95 Å². The molecule has 0 spiro atoms. The number of hydrogen-bond donors (Lipinski definition) is 5. The normalized spacial score (nSPS) is 17.0. The van der Waals surface area contributed by atoms with Gasteiger partial charge in [0.15, 0.2) is 0 Å². The van der Waals surface area contributed by atoms with Crippen LogP contribution in [0.5, 0.6) is 0 Å². The zero-order chi connectivity index (χ0) is 24.6. The Kier molecular flexibility index (Phi) is 5.89. The van der Waals surface area contributed by atoms with Gasteiger partial charge >= 0.3 is 6.18 Å². The third-order valence-corrected chi connectivity index (χ3v) is 5.97. The van der Waals surface area contributed by atoms with E-state index in [2.05, 4.69) is 40.9 Å². The van der Waals surface area contributed by atoms with Crippen molar-refractivity contribution in [1.29, 1.82) is 0 Å². The predicted octanol–water partition coefficient (Wildman–Crippen LogP) is 3.96. The number of nitrogens with two attached hydrogens (primary N) is 1. The van der Waals surface area contributed by atoms with Crippen LogP contribution in [0.4, 0.5) is 30.6 Å². The van der Waals surface area contributed by atoms with Crippen LogP contribution >= 0.6 is 0 Å². The minimum Gasteiger partial charge on any atom is -0.396 e. The standard InChI is InChI=1S/C23H24F3N9/c1-12(13-2-3-19(29-7-13)34-15-4-5-28-9-15)33-22-32-11-18(27)20(35-22)17-10-31-21-16(17)6-14(8-30-21)23(24,25)26/h2-3,6-8,10-12,15,28H,4-5,9,27H2,1H3,(H,29,34)(H,30,31)(H,32,33,35)/t12?,15-/m0/s1. The molecule has 1 aliphatic rings. The number of aromatic nitrogens is 5. The number of fused-ring (bicyclic) bond motifs is 1. The van der Waals surface area contributed by atoms with Gasteiger partial charge in [0.05, 0.1) is 23.5 Å². The first-order valence-corrected chi connectivity index (χ1v) is 11.1. The summed E-state index contributed by atoms with van der Waals surface area (Å²) in [5.74, 6) is 1.10. The number of nitrogen functional groups attached to an aromatic ring is 1. The molecule has 5 rings (SSSR count). The summed E-state index contributed by atoms with van der Waals surface area (Å²) in [4.78, 5) is 20.0. The summed E-state index contributed by atoms with van der Waals surface area (Å²) in [5, 5.41) is 10.2. The fourth-order valence-electron chi connectivity index (χ4n) is 4.04. The Morgan fingerprint density at radius 1 is 1.14 bits per heavy atom. The lowest BCUT2D eigenvalue weighted by molar-refractivity contribution is -0.137. The van der Waals surface area contributed by atoms with Crippen molar-refractivity contribution >= 4 is 28.5 Å². The highest BCUT2D eigenvalue weighted by Crippen LogP contribution is 2.35. The van der Waals surface area contributed by atoms with Crippen LogP contribution in [0.1, 0.15) is 30.5 Å². The van der Waals surface area contributed by atoms with Gasteiger partial charge in [0.25, 0.3) is 0 Å². The molecule has 0 radical (unpaired) electrons. The molecule has 4 aromatic heterocycles. The lowest BCUT2D eigenvalue weighted by atomic mass is 10.1. The smallest absolute Gasteiger partial charge is 0.396 e. The van der Waals surface area contributed by atoms with Gasteiger partial charge in [0, 0.05) is 42.1 Å². The monoisotopic (exact) mass is 483 g/mol. The van der Waals surface area contributed by atoms with Crippen LogP contribution in [0.2, 0.25) is 0 Å². The molecule has 35 heavy (non-hydrogen) atoms. The van der Waals surface area contributed by atoms with Gasteiger partial charge in [-0.2, -0.15) is 13.2 Å². The van der Waals surface area contributed by atoms with Gasteiger partial charge in [-0.25, -0.2) is 19.9 Å². The first-order chi connectivity index (χ1) is 16.8. The quantitative estimate of drug-likeness (QED) is 0.279. The van der Waals surface area contributed by atoms with Crippen LogP contribution in [-0.2, 0) is 6.18 Å². The number of rotatable bonds is 6. The Morgan fingerprint density at radius 2 is 2.00 bits per heavy atom. The van der Waals surface area contributed by atoms with Gasteiger partial charge < -0.3 is 26.7 Å². The molecule has 1 unspecified atom stereocenters. The summed E-state index contributed by atoms with van der Waals surface area (Å²) in [7, 11) is 0. The number of nitrogens with one attached hydrogen (secondary N) is 4. The highest BCUT2D eigenvalue weighted by Gasteiger charge is 2.31. The molecule has 1 aliphatic heterocycles.